The van der Waals surface area contributed by atoms with Gasteiger partial charge in [0.15, 0.2) is 0 Å². The predicted molar refractivity (Wildman–Crippen MR) is 127 cm³/mol. The van der Waals surface area contributed by atoms with Crippen LogP contribution in [0.15, 0.2) is 70.5 Å². The minimum atomic E-state index is -0.104. The zero-order valence-electron chi connectivity index (χ0n) is 17.7. The van der Waals surface area contributed by atoms with Crippen molar-refractivity contribution in [2.45, 2.75) is 30.6 Å². The van der Waals surface area contributed by atoms with Gasteiger partial charge in [-0.15, -0.1) is 0 Å². The number of nitrogens with zero attached hydrogens (tertiary/aromatic N) is 1. The summed E-state index contributed by atoms with van der Waals surface area (Å²) in [5, 5.41) is 9.24. The molecule has 3 aromatic rings. The molecule has 3 N–H and O–H groups in total. The Balaban J connectivity index is 1.71. The Kier molecular flexibility index (Phi) is 5.86. The molecule has 0 fully saturated rings. The molecule has 3 aromatic carbocycles. The fourth-order valence-corrected chi connectivity index (χ4v) is 4.73. The Labute approximate surface area is 186 Å². The van der Waals surface area contributed by atoms with Crippen molar-refractivity contribution in [2.75, 3.05) is 27.5 Å². The Morgan fingerprint density at radius 2 is 1.39 bits per heavy atom. The van der Waals surface area contributed by atoms with Crippen LogP contribution in [0.2, 0.25) is 0 Å². The number of benzene rings is 3. The van der Waals surface area contributed by atoms with Crippen molar-refractivity contribution in [1.82, 2.24) is 0 Å². The molecule has 1 aliphatic heterocycles. The molecule has 0 saturated heterocycles. The number of anilines is 5. The fraction of sp³-hybridized carbons (Fsp3) is 0.167. The lowest BCUT2D eigenvalue weighted by atomic mass is 10.2. The SMILES string of the molecule is CC(=O)Nc1ccc2c(c1)Sc1cc(NC(C)=O)ccc1N2CNc1ccccc1C. The Hall–Kier alpha value is -3.45. The van der Waals surface area contributed by atoms with Gasteiger partial charge < -0.3 is 20.9 Å². The van der Waals surface area contributed by atoms with Gasteiger partial charge in [-0.1, -0.05) is 30.0 Å². The van der Waals surface area contributed by atoms with E-state index in [1.54, 1.807) is 11.8 Å². The minimum absolute atomic E-state index is 0.104. The van der Waals surface area contributed by atoms with Gasteiger partial charge in [0.2, 0.25) is 11.8 Å². The summed E-state index contributed by atoms with van der Waals surface area (Å²) in [5.41, 5.74) is 5.88. The first-order valence-electron chi connectivity index (χ1n) is 9.99. The highest BCUT2D eigenvalue weighted by Crippen LogP contribution is 2.49. The van der Waals surface area contributed by atoms with Gasteiger partial charge in [0.05, 0.1) is 18.0 Å². The number of para-hydroxylation sites is 1. The zero-order valence-corrected chi connectivity index (χ0v) is 18.5. The summed E-state index contributed by atoms with van der Waals surface area (Å²) in [6.45, 7) is 5.65. The van der Waals surface area contributed by atoms with Crippen molar-refractivity contribution in [3.8, 4) is 0 Å². The van der Waals surface area contributed by atoms with E-state index < -0.39 is 0 Å². The predicted octanol–water partition coefficient (Wildman–Crippen LogP) is 5.58. The summed E-state index contributed by atoms with van der Waals surface area (Å²) < 4.78 is 0. The van der Waals surface area contributed by atoms with E-state index in [-0.39, 0.29) is 11.8 Å². The first kappa shape index (κ1) is 20.8. The standard InChI is InChI=1S/C24H24N4O2S/c1-15-6-4-5-7-20(15)25-14-28-21-10-8-18(26-16(2)29)12-23(21)31-24-13-19(27-17(3)30)9-11-22(24)28/h4-13,25H,14H2,1-3H3,(H,26,29)(H,27,30). The maximum Gasteiger partial charge on any atom is 0.221 e. The van der Waals surface area contributed by atoms with Gasteiger partial charge in [0.1, 0.15) is 0 Å². The molecule has 4 rings (SSSR count). The smallest absolute Gasteiger partial charge is 0.221 e. The Bertz CT molecular complexity index is 1100. The third-order valence-corrected chi connectivity index (χ3v) is 6.03. The quantitative estimate of drug-likeness (QED) is 0.491. The second kappa shape index (κ2) is 8.73. The van der Waals surface area contributed by atoms with Gasteiger partial charge in [-0.2, -0.15) is 0 Å². The summed E-state index contributed by atoms with van der Waals surface area (Å²) >= 11 is 1.62. The van der Waals surface area contributed by atoms with Gasteiger partial charge in [0, 0.05) is 40.7 Å². The van der Waals surface area contributed by atoms with E-state index in [0.717, 1.165) is 38.2 Å². The van der Waals surface area contributed by atoms with Crippen LogP contribution < -0.4 is 20.9 Å². The summed E-state index contributed by atoms with van der Waals surface area (Å²) in [7, 11) is 0. The lowest BCUT2D eigenvalue weighted by Crippen LogP contribution is -2.27. The molecule has 0 bridgehead atoms. The molecular formula is C24H24N4O2S. The van der Waals surface area contributed by atoms with Gasteiger partial charge in [-0.3, -0.25) is 9.59 Å². The van der Waals surface area contributed by atoms with E-state index >= 15 is 0 Å². The topological polar surface area (TPSA) is 73.5 Å². The lowest BCUT2D eigenvalue weighted by molar-refractivity contribution is -0.115. The van der Waals surface area contributed by atoms with E-state index in [0.29, 0.717) is 6.67 Å². The number of carbonyl (C=O) groups excluding carboxylic acids is 2. The maximum absolute atomic E-state index is 11.5. The molecule has 0 unspecified atom stereocenters. The number of hydrogen-bond donors (Lipinski definition) is 3. The van der Waals surface area contributed by atoms with Crippen LogP contribution in [-0.4, -0.2) is 18.5 Å². The van der Waals surface area contributed by atoms with E-state index in [4.69, 9.17) is 0 Å². The normalized spacial score (nSPS) is 11.9. The van der Waals surface area contributed by atoms with E-state index in [1.165, 1.54) is 19.4 Å². The molecule has 1 heterocycles. The number of rotatable bonds is 5. The average molecular weight is 433 g/mol. The average Bonchev–Trinajstić information content (AvgIpc) is 2.71. The second-order valence-electron chi connectivity index (χ2n) is 7.41. The molecule has 7 heteroatoms. The monoisotopic (exact) mass is 432 g/mol. The Morgan fingerprint density at radius 1 is 0.839 bits per heavy atom. The van der Waals surface area contributed by atoms with Crippen LogP contribution in [0.1, 0.15) is 19.4 Å². The largest absolute Gasteiger partial charge is 0.367 e. The first-order chi connectivity index (χ1) is 14.9. The molecule has 0 atom stereocenters. The third-order valence-electron chi connectivity index (χ3n) is 4.93. The van der Waals surface area contributed by atoms with Crippen LogP contribution in [0, 0.1) is 6.92 Å². The molecule has 0 aromatic heterocycles. The number of amides is 2. The maximum atomic E-state index is 11.5. The summed E-state index contributed by atoms with van der Waals surface area (Å²) in [6.07, 6.45) is 0. The van der Waals surface area contributed by atoms with E-state index in [2.05, 4.69) is 39.9 Å². The summed E-state index contributed by atoms with van der Waals surface area (Å²) in [4.78, 5) is 27.3. The van der Waals surface area contributed by atoms with Crippen LogP contribution >= 0.6 is 11.8 Å². The van der Waals surface area contributed by atoms with Crippen molar-refractivity contribution < 1.29 is 9.59 Å². The number of fused-ring (bicyclic) bond motifs is 2. The Morgan fingerprint density at radius 3 is 1.90 bits per heavy atom. The van der Waals surface area contributed by atoms with Crippen molar-refractivity contribution >= 4 is 52.0 Å². The highest BCUT2D eigenvalue weighted by molar-refractivity contribution is 7.99. The van der Waals surface area contributed by atoms with Crippen molar-refractivity contribution in [3.05, 3.63) is 66.2 Å². The number of nitrogens with one attached hydrogen (secondary N) is 3. The second-order valence-corrected chi connectivity index (χ2v) is 8.49. The first-order valence-corrected chi connectivity index (χ1v) is 10.8. The van der Waals surface area contributed by atoms with Crippen molar-refractivity contribution in [1.29, 1.82) is 0 Å². The van der Waals surface area contributed by atoms with Gasteiger partial charge >= 0.3 is 0 Å². The third kappa shape index (κ3) is 4.67. The van der Waals surface area contributed by atoms with Crippen LogP contribution in [-0.2, 0) is 9.59 Å². The molecule has 1 aliphatic rings. The molecule has 0 aliphatic carbocycles. The van der Waals surface area contributed by atoms with Crippen LogP contribution in [0.3, 0.4) is 0 Å². The highest BCUT2D eigenvalue weighted by atomic mass is 32.2. The lowest BCUT2D eigenvalue weighted by Gasteiger charge is -2.34. The van der Waals surface area contributed by atoms with Crippen molar-refractivity contribution in [3.63, 3.8) is 0 Å². The molecule has 31 heavy (non-hydrogen) atoms. The van der Waals surface area contributed by atoms with Gasteiger partial charge in [0.25, 0.3) is 0 Å². The number of aryl methyl sites for hydroxylation is 1. The van der Waals surface area contributed by atoms with Crippen LogP contribution in [0.4, 0.5) is 28.4 Å². The highest BCUT2D eigenvalue weighted by Gasteiger charge is 2.24. The zero-order chi connectivity index (χ0) is 22.0. The summed E-state index contributed by atoms with van der Waals surface area (Å²) in [6, 6.07) is 20.0. The van der Waals surface area contributed by atoms with Gasteiger partial charge in [-0.05, 0) is 55.0 Å². The molecule has 158 valence electrons. The van der Waals surface area contributed by atoms with E-state index in [1.807, 2.05) is 48.5 Å². The minimum Gasteiger partial charge on any atom is -0.367 e. The number of hydrogen-bond acceptors (Lipinski definition) is 5. The molecule has 0 radical (unpaired) electrons. The fourth-order valence-electron chi connectivity index (χ4n) is 3.55. The molecule has 0 spiro atoms. The molecular weight excluding hydrogens is 408 g/mol. The summed E-state index contributed by atoms with van der Waals surface area (Å²) in [5.74, 6) is -0.209. The van der Waals surface area contributed by atoms with Gasteiger partial charge in [-0.25, -0.2) is 0 Å². The molecule has 0 saturated carbocycles. The van der Waals surface area contributed by atoms with Crippen LogP contribution in [0.25, 0.3) is 0 Å². The van der Waals surface area contributed by atoms with Crippen molar-refractivity contribution in [2.24, 2.45) is 0 Å². The number of carbonyl (C=O) groups is 2. The molecule has 6 nitrogen and oxygen atoms in total. The van der Waals surface area contributed by atoms with E-state index in [9.17, 15) is 9.59 Å². The molecule has 2 amide bonds. The van der Waals surface area contributed by atoms with Crippen LogP contribution in [0.5, 0.6) is 0 Å².